The fourth-order valence-corrected chi connectivity index (χ4v) is 2.82. The van der Waals surface area contributed by atoms with Crippen molar-refractivity contribution >= 4 is 17.7 Å². The van der Waals surface area contributed by atoms with E-state index >= 15 is 0 Å². The van der Waals surface area contributed by atoms with Crippen LogP contribution in [0.25, 0.3) is 6.08 Å². The van der Waals surface area contributed by atoms with Gasteiger partial charge < -0.3 is 10.6 Å². The molecule has 0 aliphatic heterocycles. The van der Waals surface area contributed by atoms with Crippen LogP contribution in [0.2, 0.25) is 0 Å². The van der Waals surface area contributed by atoms with E-state index in [0.29, 0.717) is 13.1 Å². The monoisotopic (exact) mass is 322 g/mol. The molecule has 0 fully saturated rings. The number of hydrogen-bond acceptors (Lipinski definition) is 2. The van der Waals surface area contributed by atoms with Gasteiger partial charge in [0.2, 0.25) is 5.91 Å². The van der Waals surface area contributed by atoms with Crippen molar-refractivity contribution in [2.75, 3.05) is 18.4 Å². The molecular weight excluding hydrogens is 296 g/mol. The molecule has 24 heavy (non-hydrogen) atoms. The lowest BCUT2D eigenvalue weighted by Crippen LogP contribution is -2.29. The van der Waals surface area contributed by atoms with E-state index in [4.69, 9.17) is 0 Å². The summed E-state index contributed by atoms with van der Waals surface area (Å²) < 4.78 is 0. The Labute approximate surface area is 144 Å². The van der Waals surface area contributed by atoms with Gasteiger partial charge >= 0.3 is 0 Å². The molecule has 2 N–H and O–H groups in total. The van der Waals surface area contributed by atoms with Crippen molar-refractivity contribution in [3.63, 3.8) is 0 Å². The molecule has 1 amide bonds. The summed E-state index contributed by atoms with van der Waals surface area (Å²) >= 11 is 0. The van der Waals surface area contributed by atoms with Crippen molar-refractivity contribution in [2.45, 2.75) is 27.7 Å². The molecule has 0 aliphatic rings. The SMILES string of the molecule is C/C(=C/c1ccccc1)CNCC(=O)Nc1c(C)cc(C)cc1C. The number of carbonyl (C=O) groups is 1. The lowest BCUT2D eigenvalue weighted by molar-refractivity contribution is -0.115. The quantitative estimate of drug-likeness (QED) is 0.835. The fourth-order valence-electron chi connectivity index (χ4n) is 2.82. The number of hydrogen-bond donors (Lipinski definition) is 2. The maximum absolute atomic E-state index is 12.1. The first-order chi connectivity index (χ1) is 11.5. The van der Waals surface area contributed by atoms with Crippen LogP contribution in [-0.2, 0) is 4.79 Å². The summed E-state index contributed by atoms with van der Waals surface area (Å²) in [5, 5.41) is 6.20. The number of anilines is 1. The smallest absolute Gasteiger partial charge is 0.238 e. The molecule has 0 spiro atoms. The van der Waals surface area contributed by atoms with Crippen LogP contribution in [0.15, 0.2) is 48.0 Å². The summed E-state index contributed by atoms with van der Waals surface area (Å²) in [4.78, 5) is 12.1. The second-order valence-corrected chi connectivity index (χ2v) is 6.33. The van der Waals surface area contributed by atoms with Crippen LogP contribution in [-0.4, -0.2) is 19.0 Å². The van der Waals surface area contributed by atoms with E-state index in [1.165, 1.54) is 16.7 Å². The summed E-state index contributed by atoms with van der Waals surface area (Å²) in [6.07, 6.45) is 2.12. The molecule has 3 nitrogen and oxygen atoms in total. The third kappa shape index (κ3) is 5.36. The van der Waals surface area contributed by atoms with Crippen molar-refractivity contribution in [2.24, 2.45) is 0 Å². The van der Waals surface area contributed by atoms with Crippen molar-refractivity contribution in [1.29, 1.82) is 0 Å². The standard InChI is InChI=1S/C21H26N2O/c1-15-10-17(3)21(18(4)11-15)23-20(24)14-22-13-16(2)12-19-8-6-5-7-9-19/h5-12,22H,13-14H2,1-4H3,(H,23,24)/b16-12-. The van der Waals surface area contributed by atoms with Crippen LogP contribution >= 0.6 is 0 Å². The molecule has 2 rings (SSSR count). The molecule has 0 aliphatic carbocycles. The predicted molar refractivity (Wildman–Crippen MR) is 102 cm³/mol. The minimum absolute atomic E-state index is 0.0161. The highest BCUT2D eigenvalue weighted by Crippen LogP contribution is 2.21. The molecule has 0 radical (unpaired) electrons. The van der Waals surface area contributed by atoms with Crippen LogP contribution in [0.1, 0.15) is 29.2 Å². The Hall–Kier alpha value is -2.39. The largest absolute Gasteiger partial charge is 0.324 e. The van der Waals surface area contributed by atoms with Crippen LogP contribution in [0.4, 0.5) is 5.69 Å². The number of benzene rings is 2. The summed E-state index contributed by atoms with van der Waals surface area (Å²) in [7, 11) is 0. The number of nitrogens with one attached hydrogen (secondary N) is 2. The predicted octanol–water partition coefficient (Wildman–Crippen LogP) is 4.24. The topological polar surface area (TPSA) is 41.1 Å². The van der Waals surface area contributed by atoms with E-state index in [1.807, 2.05) is 32.0 Å². The number of carbonyl (C=O) groups excluding carboxylic acids is 1. The molecule has 126 valence electrons. The first-order valence-corrected chi connectivity index (χ1v) is 8.26. The second kappa shape index (κ2) is 8.46. The molecule has 0 atom stereocenters. The van der Waals surface area contributed by atoms with Crippen molar-refractivity contribution in [3.05, 3.63) is 70.3 Å². The van der Waals surface area contributed by atoms with Crippen LogP contribution in [0.5, 0.6) is 0 Å². The zero-order valence-electron chi connectivity index (χ0n) is 14.9. The van der Waals surface area contributed by atoms with Gasteiger partial charge in [-0.25, -0.2) is 0 Å². The van der Waals surface area contributed by atoms with Crippen molar-refractivity contribution in [3.8, 4) is 0 Å². The minimum Gasteiger partial charge on any atom is -0.324 e. The molecule has 0 aromatic heterocycles. The lowest BCUT2D eigenvalue weighted by atomic mass is 10.1. The molecule has 0 saturated carbocycles. The highest BCUT2D eigenvalue weighted by Gasteiger charge is 2.08. The first-order valence-electron chi connectivity index (χ1n) is 8.26. The van der Waals surface area contributed by atoms with Crippen molar-refractivity contribution < 1.29 is 4.79 Å². The Balaban J connectivity index is 1.85. The van der Waals surface area contributed by atoms with Crippen LogP contribution < -0.4 is 10.6 Å². The van der Waals surface area contributed by atoms with Crippen LogP contribution in [0, 0.1) is 20.8 Å². The number of rotatable bonds is 6. The molecule has 2 aromatic carbocycles. The van der Waals surface area contributed by atoms with Gasteiger partial charge in [-0.05, 0) is 44.4 Å². The van der Waals surface area contributed by atoms with E-state index in [9.17, 15) is 4.79 Å². The lowest BCUT2D eigenvalue weighted by Gasteiger charge is -2.13. The van der Waals surface area contributed by atoms with E-state index in [2.05, 4.69) is 54.8 Å². The molecule has 0 heterocycles. The minimum atomic E-state index is -0.0161. The van der Waals surface area contributed by atoms with Gasteiger partial charge in [0.1, 0.15) is 0 Å². The van der Waals surface area contributed by atoms with E-state index in [1.54, 1.807) is 0 Å². The summed E-state index contributed by atoms with van der Waals surface area (Å²) in [5.74, 6) is -0.0161. The Morgan fingerprint density at radius 2 is 1.62 bits per heavy atom. The van der Waals surface area contributed by atoms with Gasteiger partial charge in [0, 0.05) is 12.2 Å². The number of aryl methyl sites for hydroxylation is 3. The normalized spacial score (nSPS) is 11.4. The maximum atomic E-state index is 12.1. The summed E-state index contributed by atoms with van der Waals surface area (Å²) in [6.45, 7) is 9.16. The Bertz CT molecular complexity index is 710. The molecule has 2 aromatic rings. The molecule has 0 bridgehead atoms. The third-order valence-corrected chi connectivity index (χ3v) is 3.84. The van der Waals surface area contributed by atoms with Gasteiger partial charge in [0.15, 0.2) is 0 Å². The van der Waals surface area contributed by atoms with Crippen LogP contribution in [0.3, 0.4) is 0 Å². The van der Waals surface area contributed by atoms with Gasteiger partial charge in [-0.2, -0.15) is 0 Å². The third-order valence-electron chi connectivity index (χ3n) is 3.84. The average Bonchev–Trinajstić information content (AvgIpc) is 2.52. The van der Waals surface area contributed by atoms with Gasteiger partial charge in [-0.3, -0.25) is 4.79 Å². The zero-order valence-corrected chi connectivity index (χ0v) is 14.9. The summed E-state index contributed by atoms with van der Waals surface area (Å²) in [6, 6.07) is 14.4. The highest BCUT2D eigenvalue weighted by molar-refractivity contribution is 5.93. The average molecular weight is 322 g/mol. The Morgan fingerprint density at radius 3 is 2.25 bits per heavy atom. The van der Waals surface area contributed by atoms with Gasteiger partial charge in [0.05, 0.1) is 6.54 Å². The second-order valence-electron chi connectivity index (χ2n) is 6.33. The summed E-state index contributed by atoms with van der Waals surface area (Å²) in [5.41, 5.74) is 6.69. The molecule has 0 unspecified atom stereocenters. The Kier molecular flexibility index (Phi) is 6.33. The zero-order chi connectivity index (χ0) is 17.5. The number of amides is 1. The molecule has 3 heteroatoms. The van der Waals surface area contributed by atoms with E-state index in [0.717, 1.165) is 16.8 Å². The molecule has 0 saturated heterocycles. The Morgan fingerprint density at radius 1 is 1.00 bits per heavy atom. The van der Waals surface area contributed by atoms with E-state index < -0.39 is 0 Å². The van der Waals surface area contributed by atoms with E-state index in [-0.39, 0.29) is 5.91 Å². The van der Waals surface area contributed by atoms with Gasteiger partial charge in [0.25, 0.3) is 0 Å². The highest BCUT2D eigenvalue weighted by atomic mass is 16.1. The van der Waals surface area contributed by atoms with Crippen molar-refractivity contribution in [1.82, 2.24) is 5.32 Å². The first kappa shape index (κ1) is 18.0. The maximum Gasteiger partial charge on any atom is 0.238 e. The van der Waals surface area contributed by atoms with Gasteiger partial charge in [-0.15, -0.1) is 0 Å². The fraction of sp³-hybridized carbons (Fsp3) is 0.286. The molecular formula is C21H26N2O. The van der Waals surface area contributed by atoms with Gasteiger partial charge in [-0.1, -0.05) is 59.7 Å².